The zero-order valence-corrected chi connectivity index (χ0v) is 15.4. The van der Waals surface area contributed by atoms with E-state index in [-0.39, 0.29) is 0 Å². The summed E-state index contributed by atoms with van der Waals surface area (Å²) in [6, 6.07) is 15.7. The van der Waals surface area contributed by atoms with Gasteiger partial charge in [0.05, 0.1) is 0 Å². The fourth-order valence-electron chi connectivity index (χ4n) is 2.15. The molecule has 0 spiro atoms. The molecule has 0 amide bonds. The van der Waals surface area contributed by atoms with Crippen molar-refractivity contribution in [2.45, 2.75) is 42.5 Å². The van der Waals surface area contributed by atoms with E-state index in [1.165, 1.54) is 20.9 Å². The maximum atomic E-state index is 3.57. The topological polar surface area (TPSA) is 12.0 Å². The maximum absolute atomic E-state index is 3.57. The number of hydrogen-bond donors (Lipinski definition) is 1. The van der Waals surface area contributed by atoms with Crippen molar-refractivity contribution in [3.63, 3.8) is 0 Å². The Kier molecular flexibility index (Phi) is 5.91. The molecular formula is C18H22BrNS. The zero-order chi connectivity index (χ0) is 15.4. The smallest absolute Gasteiger partial charge is 0.0300 e. The molecule has 0 aliphatic heterocycles. The van der Waals surface area contributed by atoms with Crippen LogP contribution in [0.25, 0.3) is 0 Å². The van der Waals surface area contributed by atoms with Crippen LogP contribution in [0.5, 0.6) is 0 Å². The highest BCUT2D eigenvalue weighted by atomic mass is 79.9. The molecule has 1 atom stereocenters. The zero-order valence-electron chi connectivity index (χ0n) is 13.0. The molecule has 3 heteroatoms. The lowest BCUT2D eigenvalue weighted by Gasteiger charge is -2.16. The SMILES string of the molecule is CNC(C)c1cc(Br)ccc1Sc1ccc(C(C)C)cc1. The molecule has 21 heavy (non-hydrogen) atoms. The van der Waals surface area contributed by atoms with E-state index in [0.29, 0.717) is 12.0 Å². The van der Waals surface area contributed by atoms with Gasteiger partial charge in [-0.1, -0.05) is 53.7 Å². The Morgan fingerprint density at radius 1 is 1.00 bits per heavy atom. The van der Waals surface area contributed by atoms with E-state index in [4.69, 9.17) is 0 Å². The Hall–Kier alpha value is -0.770. The van der Waals surface area contributed by atoms with Crippen LogP contribution in [-0.4, -0.2) is 7.05 Å². The highest BCUT2D eigenvalue weighted by Crippen LogP contribution is 2.35. The third kappa shape index (κ3) is 4.35. The van der Waals surface area contributed by atoms with Gasteiger partial charge in [0, 0.05) is 20.3 Å². The molecule has 0 fully saturated rings. The summed E-state index contributed by atoms with van der Waals surface area (Å²) >= 11 is 5.39. The Morgan fingerprint density at radius 3 is 2.24 bits per heavy atom. The molecule has 1 nitrogen and oxygen atoms in total. The molecule has 2 aromatic rings. The second-order valence-electron chi connectivity index (χ2n) is 5.52. The van der Waals surface area contributed by atoms with Crippen LogP contribution in [0.15, 0.2) is 56.7 Å². The lowest BCUT2D eigenvalue weighted by Crippen LogP contribution is -2.13. The Bertz CT molecular complexity index is 593. The standard InChI is InChI=1S/C18H22BrNS/c1-12(2)14-5-8-16(9-6-14)21-18-10-7-15(19)11-17(18)13(3)20-4/h5-13,20H,1-4H3. The van der Waals surface area contributed by atoms with Crippen LogP contribution in [0, 0.1) is 0 Å². The highest BCUT2D eigenvalue weighted by molar-refractivity contribution is 9.10. The number of benzene rings is 2. The van der Waals surface area contributed by atoms with Crippen LogP contribution in [0.2, 0.25) is 0 Å². The van der Waals surface area contributed by atoms with E-state index in [1.807, 2.05) is 18.8 Å². The van der Waals surface area contributed by atoms with E-state index < -0.39 is 0 Å². The molecule has 0 aliphatic carbocycles. The van der Waals surface area contributed by atoms with Gasteiger partial charge in [-0.25, -0.2) is 0 Å². The molecule has 0 bridgehead atoms. The summed E-state index contributed by atoms with van der Waals surface area (Å²) in [5.41, 5.74) is 2.71. The molecule has 112 valence electrons. The van der Waals surface area contributed by atoms with Crippen LogP contribution < -0.4 is 5.32 Å². The summed E-state index contributed by atoms with van der Waals surface area (Å²) in [6.45, 7) is 6.64. The van der Waals surface area contributed by atoms with Crippen molar-refractivity contribution in [3.05, 3.63) is 58.1 Å². The van der Waals surface area contributed by atoms with Gasteiger partial charge in [0.15, 0.2) is 0 Å². The average Bonchev–Trinajstić information content (AvgIpc) is 2.48. The molecule has 2 rings (SSSR count). The van der Waals surface area contributed by atoms with Gasteiger partial charge in [-0.2, -0.15) is 0 Å². The largest absolute Gasteiger partial charge is 0.313 e. The highest BCUT2D eigenvalue weighted by Gasteiger charge is 2.11. The monoisotopic (exact) mass is 363 g/mol. The second-order valence-corrected chi connectivity index (χ2v) is 7.55. The summed E-state index contributed by atoms with van der Waals surface area (Å²) < 4.78 is 1.12. The molecule has 0 saturated carbocycles. The molecule has 1 unspecified atom stereocenters. The van der Waals surface area contributed by atoms with Gasteiger partial charge in [0.25, 0.3) is 0 Å². The van der Waals surface area contributed by atoms with Gasteiger partial charge < -0.3 is 5.32 Å². The lowest BCUT2D eigenvalue weighted by atomic mass is 10.0. The minimum Gasteiger partial charge on any atom is -0.313 e. The molecule has 2 aromatic carbocycles. The fourth-order valence-corrected chi connectivity index (χ4v) is 3.55. The molecule has 1 N–H and O–H groups in total. The van der Waals surface area contributed by atoms with Crippen molar-refractivity contribution in [1.29, 1.82) is 0 Å². The van der Waals surface area contributed by atoms with Crippen LogP contribution >= 0.6 is 27.7 Å². The maximum Gasteiger partial charge on any atom is 0.0300 e. The third-order valence-corrected chi connectivity index (χ3v) is 5.24. The van der Waals surface area contributed by atoms with Crippen molar-refractivity contribution < 1.29 is 0 Å². The van der Waals surface area contributed by atoms with Gasteiger partial charge in [0.1, 0.15) is 0 Å². The van der Waals surface area contributed by atoms with Gasteiger partial charge in [-0.05, 0) is 61.3 Å². The van der Waals surface area contributed by atoms with E-state index in [1.54, 1.807) is 0 Å². The Balaban J connectivity index is 2.26. The fraction of sp³-hybridized carbons (Fsp3) is 0.333. The molecule has 0 heterocycles. The summed E-state index contributed by atoms with van der Waals surface area (Å²) in [6.07, 6.45) is 0. The summed E-state index contributed by atoms with van der Waals surface area (Å²) in [5, 5.41) is 3.32. The number of nitrogens with one attached hydrogen (secondary N) is 1. The van der Waals surface area contributed by atoms with Gasteiger partial charge in [-0.15, -0.1) is 0 Å². The van der Waals surface area contributed by atoms with Crippen molar-refractivity contribution >= 4 is 27.7 Å². The predicted molar refractivity (Wildman–Crippen MR) is 96.3 cm³/mol. The number of hydrogen-bond acceptors (Lipinski definition) is 2. The van der Waals surface area contributed by atoms with Crippen molar-refractivity contribution in [2.24, 2.45) is 0 Å². The first-order chi connectivity index (χ1) is 10.0. The summed E-state index contributed by atoms with van der Waals surface area (Å²) in [7, 11) is 2.00. The third-order valence-electron chi connectivity index (χ3n) is 3.65. The van der Waals surface area contributed by atoms with Crippen LogP contribution in [0.3, 0.4) is 0 Å². The molecule has 0 saturated heterocycles. The van der Waals surface area contributed by atoms with Crippen molar-refractivity contribution in [3.8, 4) is 0 Å². The van der Waals surface area contributed by atoms with Crippen LogP contribution in [0.1, 0.15) is 43.9 Å². The number of halogens is 1. The summed E-state index contributed by atoms with van der Waals surface area (Å²) in [4.78, 5) is 2.59. The van der Waals surface area contributed by atoms with Crippen molar-refractivity contribution in [1.82, 2.24) is 5.32 Å². The summed E-state index contributed by atoms with van der Waals surface area (Å²) in [5.74, 6) is 0.580. The van der Waals surface area contributed by atoms with E-state index in [0.717, 1.165) is 4.47 Å². The minimum atomic E-state index is 0.333. The van der Waals surface area contributed by atoms with Crippen LogP contribution in [-0.2, 0) is 0 Å². The van der Waals surface area contributed by atoms with E-state index >= 15 is 0 Å². The van der Waals surface area contributed by atoms with E-state index in [9.17, 15) is 0 Å². The minimum absolute atomic E-state index is 0.333. The molecule has 0 aliphatic rings. The van der Waals surface area contributed by atoms with Crippen molar-refractivity contribution in [2.75, 3.05) is 7.05 Å². The normalized spacial score (nSPS) is 12.7. The first-order valence-corrected chi connectivity index (χ1v) is 8.86. The first kappa shape index (κ1) is 16.6. The van der Waals surface area contributed by atoms with Gasteiger partial charge >= 0.3 is 0 Å². The second kappa shape index (κ2) is 7.48. The number of rotatable bonds is 5. The predicted octanol–water partition coefficient (Wildman–Crippen LogP) is 6.00. The first-order valence-electron chi connectivity index (χ1n) is 7.25. The average molecular weight is 364 g/mol. The van der Waals surface area contributed by atoms with Crippen LogP contribution in [0.4, 0.5) is 0 Å². The Morgan fingerprint density at radius 2 is 1.67 bits per heavy atom. The molecule has 0 aromatic heterocycles. The van der Waals surface area contributed by atoms with Gasteiger partial charge in [0.2, 0.25) is 0 Å². The molecule has 0 radical (unpaired) electrons. The quantitative estimate of drug-likeness (QED) is 0.698. The van der Waals surface area contributed by atoms with E-state index in [2.05, 4.69) is 84.5 Å². The lowest BCUT2D eigenvalue weighted by molar-refractivity contribution is 0.641. The van der Waals surface area contributed by atoms with Gasteiger partial charge in [-0.3, -0.25) is 0 Å². The molecular weight excluding hydrogens is 342 g/mol. The Labute approximate surface area is 140 Å².